The molecule has 0 aromatic rings. The summed E-state index contributed by atoms with van der Waals surface area (Å²) >= 11 is 0. The number of rotatable bonds is 0. The molecule has 0 aliphatic carbocycles. The van der Waals surface area contributed by atoms with Gasteiger partial charge in [-0.2, -0.15) is 0 Å². The van der Waals surface area contributed by atoms with Crippen molar-refractivity contribution >= 4 is 1660 Å². The van der Waals surface area contributed by atoms with Crippen LogP contribution >= 0.6 is 0 Å². The maximum Gasteiger partial charge on any atom is 2.00 e. The SMILES string of the molecule is [Ca+2].[Ca+2].[Ca+2].[Ca+2].[Ca+2].[Ca+2].[Ca+2].[Ca+2].[Ca+2].[Ca+2].[Ca+2].[Ca+2].[Ca+2].[Ca+2].[Ca+2].[Ca+2].[Ca+2].[Ca+2].[Ca+2].[Ca+2].[Ca+2].[Ca+2].[Ca+2].[Ca+2].[Ca+2].[Ca+2].[Ca+2].[Ca+2].[Ca+2].[Ca+2].[Ca+2].[Ca+2].[Ca+2].[Ca+2].[Ca+2].[Ca+2].[Ca+2].[Ca+2].[Ca+2].[Ca+2].[Ca+2].[Ca+2].[Ca+2].[Ca+2].[O-2].[O-2].[O-2].[O-2].[O-2].[O-2].[O-2].[O-2]. The monoisotopic (exact) mass is 1890 g/mol. The molecule has 0 aromatic heterocycles. The summed E-state index contributed by atoms with van der Waals surface area (Å²) in [7, 11) is 0. The van der Waals surface area contributed by atoms with E-state index in [9.17, 15) is 0 Å². The van der Waals surface area contributed by atoms with Gasteiger partial charge in [0, 0.05) is 0 Å². The Morgan fingerprint density at radius 1 is 0.0385 bits per heavy atom. The third-order valence-corrected chi connectivity index (χ3v) is 0. The van der Waals surface area contributed by atoms with Crippen molar-refractivity contribution < 1.29 is 43.8 Å². The van der Waals surface area contributed by atoms with E-state index in [0.29, 0.717) is 0 Å². The molecule has 0 amide bonds. The van der Waals surface area contributed by atoms with Crippen molar-refractivity contribution in [2.45, 2.75) is 0 Å². The predicted molar refractivity (Wildman–Crippen MR) is 259 cm³/mol. The van der Waals surface area contributed by atoms with Crippen molar-refractivity contribution in [3.63, 3.8) is 0 Å². The first-order valence-electron chi connectivity index (χ1n) is 0. The maximum atomic E-state index is 0. The van der Waals surface area contributed by atoms with E-state index in [-0.39, 0.29) is 1700 Å². The normalized spacial score (nSPS) is 0. The molecule has 64 valence electrons. The first kappa shape index (κ1) is 397. The Morgan fingerprint density at radius 3 is 0.0385 bits per heavy atom. The van der Waals surface area contributed by atoms with Gasteiger partial charge in [-0.15, -0.1) is 0 Å². The summed E-state index contributed by atoms with van der Waals surface area (Å²) < 4.78 is 0. The van der Waals surface area contributed by atoms with Gasteiger partial charge in [-0.05, 0) is 0 Å². The van der Waals surface area contributed by atoms with Gasteiger partial charge in [0.2, 0.25) is 0 Å². The zero-order valence-corrected chi connectivity index (χ0v) is 132. The van der Waals surface area contributed by atoms with Crippen LogP contribution in [0.15, 0.2) is 0 Å². The minimum atomic E-state index is 0. The van der Waals surface area contributed by atoms with Crippen molar-refractivity contribution in [2.75, 3.05) is 0 Å². The summed E-state index contributed by atoms with van der Waals surface area (Å²) in [6, 6.07) is 0. The number of hydrogen-bond donors (Lipinski definition) is 0. The van der Waals surface area contributed by atoms with Crippen LogP contribution in [0.25, 0.3) is 0 Å². The second kappa shape index (κ2) is 386. The van der Waals surface area contributed by atoms with Crippen molar-refractivity contribution in [1.82, 2.24) is 0 Å². The molecule has 0 N–H and O–H groups in total. The van der Waals surface area contributed by atoms with Crippen molar-refractivity contribution in [2.24, 2.45) is 0 Å². The van der Waals surface area contributed by atoms with Gasteiger partial charge < -0.3 is 43.8 Å². The number of hydrogen-bond acceptors (Lipinski definition) is 0. The average Bonchev–Trinajstić information content (AvgIpc) is 0. The topological polar surface area (TPSA) is 228 Å². The van der Waals surface area contributed by atoms with Gasteiger partial charge >= 0.3 is 1660 Å². The van der Waals surface area contributed by atoms with Crippen LogP contribution in [0.1, 0.15) is 0 Å². The molecule has 8 nitrogen and oxygen atoms in total. The molecule has 0 spiro atoms. The standard InChI is InChI=1S/44Ca.8O/q44*+2;8*-2. The summed E-state index contributed by atoms with van der Waals surface area (Å²) in [4.78, 5) is 0. The molecule has 0 fully saturated rings. The first-order valence-corrected chi connectivity index (χ1v) is 0. The molecule has 0 atom stereocenters. The van der Waals surface area contributed by atoms with Gasteiger partial charge in [0.1, 0.15) is 0 Å². The third kappa shape index (κ3) is 375. The quantitative estimate of drug-likeness (QED) is 0.206. The van der Waals surface area contributed by atoms with E-state index >= 15 is 0 Å². The summed E-state index contributed by atoms with van der Waals surface area (Å²) in [6.45, 7) is 0. The summed E-state index contributed by atoms with van der Waals surface area (Å²) in [5, 5.41) is 0. The minimum absolute atomic E-state index is 0. The zero-order chi connectivity index (χ0) is 0. The van der Waals surface area contributed by atoms with Gasteiger partial charge in [-0.25, -0.2) is 0 Å². The van der Waals surface area contributed by atoms with Crippen LogP contribution in [0.4, 0.5) is 0 Å². The molecule has 52 heavy (non-hydrogen) atoms. The molecule has 52 heteroatoms. The Hall–Kier alpha value is 55.1. The fourth-order valence-corrected chi connectivity index (χ4v) is 0. The molecule has 0 saturated carbocycles. The summed E-state index contributed by atoms with van der Waals surface area (Å²) in [5.74, 6) is 0. The summed E-state index contributed by atoms with van der Waals surface area (Å²) in [6.07, 6.45) is 0. The Bertz CT molecular complexity index is 32.2. The van der Waals surface area contributed by atoms with Crippen LogP contribution in [0.3, 0.4) is 0 Å². The predicted octanol–water partition coefficient (Wildman–Crippen LogP) is -17.7. The second-order valence-electron chi connectivity index (χ2n) is 0. The van der Waals surface area contributed by atoms with E-state index in [4.69, 9.17) is 0 Å². The van der Waals surface area contributed by atoms with E-state index in [1.54, 1.807) is 0 Å². The van der Waals surface area contributed by atoms with Crippen LogP contribution in [0.5, 0.6) is 0 Å². The van der Waals surface area contributed by atoms with Gasteiger partial charge in [-0.1, -0.05) is 0 Å². The first-order chi connectivity index (χ1) is 0. The minimum Gasteiger partial charge on any atom is -2.00 e. The molecule has 0 heterocycles. The van der Waals surface area contributed by atoms with E-state index in [0.717, 1.165) is 0 Å². The fourth-order valence-electron chi connectivity index (χ4n) is 0. The molecular weight excluding hydrogens is 1890 g/mol. The van der Waals surface area contributed by atoms with E-state index < -0.39 is 0 Å². The molecule has 0 saturated heterocycles. The fraction of sp³-hybridized carbons (Fsp3) is 0. The van der Waals surface area contributed by atoms with Crippen molar-refractivity contribution in [1.29, 1.82) is 0 Å². The van der Waals surface area contributed by atoms with Crippen LogP contribution in [-0.4, -0.2) is 1660 Å². The maximum absolute atomic E-state index is 0. The van der Waals surface area contributed by atoms with Crippen molar-refractivity contribution in [3.8, 4) is 0 Å². The molecule has 0 rings (SSSR count). The van der Waals surface area contributed by atoms with Gasteiger partial charge in [-0.3, -0.25) is 0 Å². The van der Waals surface area contributed by atoms with Gasteiger partial charge in [0.05, 0.1) is 0 Å². The Morgan fingerprint density at radius 2 is 0.0385 bits per heavy atom. The molecule has 0 radical (unpaired) electrons. The Balaban J connectivity index is 0. The van der Waals surface area contributed by atoms with E-state index in [1.807, 2.05) is 0 Å². The van der Waals surface area contributed by atoms with Crippen LogP contribution in [-0.2, 0) is 43.8 Å². The van der Waals surface area contributed by atoms with E-state index in [2.05, 4.69) is 0 Å². The molecule has 0 aliphatic heterocycles. The summed E-state index contributed by atoms with van der Waals surface area (Å²) in [5.41, 5.74) is 0. The van der Waals surface area contributed by atoms with Crippen LogP contribution < -0.4 is 0 Å². The molecular formula is Ca44O8+72. The average molecular weight is 1890 g/mol. The van der Waals surface area contributed by atoms with Crippen LogP contribution in [0.2, 0.25) is 0 Å². The van der Waals surface area contributed by atoms with Gasteiger partial charge in [0.25, 0.3) is 0 Å². The zero-order valence-electron chi connectivity index (χ0n) is 34.4. The molecule has 0 unspecified atom stereocenters. The largest absolute Gasteiger partial charge is 2.00 e. The van der Waals surface area contributed by atoms with Gasteiger partial charge in [0.15, 0.2) is 0 Å². The smallest absolute Gasteiger partial charge is 2.00 e. The van der Waals surface area contributed by atoms with E-state index in [1.165, 1.54) is 0 Å². The second-order valence-corrected chi connectivity index (χ2v) is 0. The van der Waals surface area contributed by atoms with Crippen molar-refractivity contribution in [3.05, 3.63) is 0 Å². The Labute approximate surface area is 1630 Å². The molecule has 0 aromatic carbocycles. The molecule has 0 bridgehead atoms. The third-order valence-electron chi connectivity index (χ3n) is 0. The van der Waals surface area contributed by atoms with Crippen LogP contribution in [0, 0.1) is 0 Å². The Kier molecular flexibility index (Phi) is 2950. The molecule has 0 aliphatic rings.